The number of rotatable bonds is 5. The molecule has 0 aromatic heterocycles. The normalized spacial score (nSPS) is 12.3. The van der Waals surface area contributed by atoms with Crippen LogP contribution in [0.5, 0.6) is 5.75 Å². The van der Waals surface area contributed by atoms with E-state index in [0.29, 0.717) is 15.6 Å². The first-order valence-corrected chi connectivity index (χ1v) is 11.1. The van der Waals surface area contributed by atoms with E-state index >= 15 is 0 Å². The zero-order valence-corrected chi connectivity index (χ0v) is 20.6. The number of nitro benzene ring substituents is 1. The third-order valence-corrected chi connectivity index (χ3v) is 6.08. The highest BCUT2D eigenvalue weighted by molar-refractivity contribution is 6.31. The molecule has 1 N–H and O–H groups in total. The van der Waals surface area contributed by atoms with Crippen molar-refractivity contribution in [3.8, 4) is 5.75 Å². The summed E-state index contributed by atoms with van der Waals surface area (Å²) >= 11 is 12.1. The average Bonchev–Trinajstić information content (AvgIpc) is 2.72. The Kier molecular flexibility index (Phi) is 6.82. The van der Waals surface area contributed by atoms with Crippen molar-refractivity contribution in [2.75, 3.05) is 0 Å². The first kappa shape index (κ1) is 24.7. The molecular formula is C25H25Cl2N3O3. The summed E-state index contributed by atoms with van der Waals surface area (Å²) in [5.41, 5.74) is 1.73. The van der Waals surface area contributed by atoms with Gasteiger partial charge in [0.15, 0.2) is 5.69 Å². The quantitative estimate of drug-likeness (QED) is 0.222. The van der Waals surface area contributed by atoms with Crippen molar-refractivity contribution in [2.45, 2.75) is 45.4 Å². The predicted molar refractivity (Wildman–Crippen MR) is 133 cm³/mol. The van der Waals surface area contributed by atoms with Gasteiger partial charge in [-0.05, 0) is 46.9 Å². The summed E-state index contributed by atoms with van der Waals surface area (Å²) in [6.07, 6.45) is 0. The Labute approximate surface area is 203 Å². The average molecular weight is 486 g/mol. The minimum absolute atomic E-state index is 0.00609. The van der Waals surface area contributed by atoms with Crippen molar-refractivity contribution in [3.05, 3.63) is 91.4 Å². The van der Waals surface area contributed by atoms with Crippen LogP contribution in [-0.2, 0) is 10.8 Å². The van der Waals surface area contributed by atoms with E-state index in [2.05, 4.69) is 31.0 Å². The molecule has 0 amide bonds. The van der Waals surface area contributed by atoms with E-state index < -0.39 is 10.3 Å². The predicted octanol–water partition coefficient (Wildman–Crippen LogP) is 8.65. The van der Waals surface area contributed by atoms with E-state index in [0.717, 1.165) is 11.1 Å². The molecular weight excluding hydrogens is 461 g/mol. The Morgan fingerprint density at radius 1 is 0.818 bits per heavy atom. The smallest absolute Gasteiger partial charge is 0.296 e. The van der Waals surface area contributed by atoms with E-state index in [1.54, 1.807) is 6.07 Å². The molecule has 3 rings (SSSR count). The third kappa shape index (κ3) is 5.34. The topological polar surface area (TPSA) is 88.1 Å². The van der Waals surface area contributed by atoms with Gasteiger partial charge in [0, 0.05) is 27.1 Å². The first-order valence-electron chi connectivity index (χ1n) is 10.3. The molecule has 0 saturated carbocycles. The van der Waals surface area contributed by atoms with E-state index in [9.17, 15) is 15.2 Å². The van der Waals surface area contributed by atoms with Gasteiger partial charge in [-0.1, -0.05) is 76.0 Å². The molecule has 0 saturated heterocycles. The van der Waals surface area contributed by atoms with Crippen molar-refractivity contribution in [1.82, 2.24) is 0 Å². The highest BCUT2D eigenvalue weighted by Crippen LogP contribution is 2.45. The number of phenols is 1. The SMILES string of the molecule is CC(C)(C)c1cc(N=Nc2cc(Cl)ccc2[N+](=O)[O-])c(O)c(C(C)(C)c2ccc(Cl)cc2)c1. The van der Waals surface area contributed by atoms with Crippen LogP contribution >= 0.6 is 23.2 Å². The molecule has 3 aromatic rings. The Morgan fingerprint density at radius 2 is 1.39 bits per heavy atom. The molecule has 0 radical (unpaired) electrons. The van der Waals surface area contributed by atoms with Gasteiger partial charge < -0.3 is 5.11 Å². The minimum Gasteiger partial charge on any atom is -0.505 e. The lowest BCUT2D eigenvalue weighted by molar-refractivity contribution is -0.384. The highest BCUT2D eigenvalue weighted by Gasteiger charge is 2.30. The molecule has 8 heteroatoms. The number of nitro groups is 1. The Morgan fingerprint density at radius 3 is 1.97 bits per heavy atom. The van der Waals surface area contributed by atoms with Crippen LogP contribution in [0.3, 0.4) is 0 Å². The summed E-state index contributed by atoms with van der Waals surface area (Å²) < 4.78 is 0. The summed E-state index contributed by atoms with van der Waals surface area (Å²) in [5, 5.41) is 31.8. The number of nitrogens with zero attached hydrogens (tertiary/aromatic N) is 3. The maximum atomic E-state index is 11.4. The fourth-order valence-electron chi connectivity index (χ4n) is 3.47. The number of halogens is 2. The van der Waals surface area contributed by atoms with Crippen molar-refractivity contribution in [3.63, 3.8) is 0 Å². The van der Waals surface area contributed by atoms with Crippen LogP contribution in [0, 0.1) is 10.1 Å². The summed E-state index contributed by atoms with van der Waals surface area (Å²) in [6.45, 7) is 10.2. The second-order valence-corrected chi connectivity index (χ2v) is 10.2. The largest absolute Gasteiger partial charge is 0.505 e. The van der Waals surface area contributed by atoms with Crippen LogP contribution < -0.4 is 0 Å². The molecule has 0 spiro atoms. The maximum Gasteiger partial charge on any atom is 0.296 e. The fourth-order valence-corrected chi connectivity index (χ4v) is 3.76. The molecule has 0 aliphatic heterocycles. The van der Waals surface area contributed by atoms with Crippen molar-refractivity contribution >= 4 is 40.3 Å². The van der Waals surface area contributed by atoms with Crippen molar-refractivity contribution < 1.29 is 10.0 Å². The lowest BCUT2D eigenvalue weighted by Gasteiger charge is -2.30. The number of azo groups is 1. The van der Waals surface area contributed by atoms with Crippen LogP contribution in [0.15, 0.2) is 64.8 Å². The Bertz CT molecular complexity index is 1230. The van der Waals surface area contributed by atoms with Crippen molar-refractivity contribution in [1.29, 1.82) is 0 Å². The van der Waals surface area contributed by atoms with E-state index in [4.69, 9.17) is 23.2 Å². The van der Waals surface area contributed by atoms with Gasteiger partial charge in [-0.3, -0.25) is 10.1 Å². The van der Waals surface area contributed by atoms with Crippen LogP contribution in [-0.4, -0.2) is 10.0 Å². The molecule has 6 nitrogen and oxygen atoms in total. The molecule has 3 aromatic carbocycles. The summed E-state index contributed by atoms with van der Waals surface area (Å²) in [6, 6.07) is 15.2. The molecule has 0 atom stereocenters. The van der Waals surface area contributed by atoms with Gasteiger partial charge in [0.1, 0.15) is 11.4 Å². The molecule has 0 aliphatic carbocycles. The van der Waals surface area contributed by atoms with Gasteiger partial charge in [0.2, 0.25) is 0 Å². The van der Waals surface area contributed by atoms with E-state index in [1.807, 2.05) is 44.2 Å². The molecule has 0 fully saturated rings. The number of aromatic hydroxyl groups is 1. The second-order valence-electron chi connectivity index (χ2n) is 9.36. The van der Waals surface area contributed by atoms with Crippen LogP contribution in [0.1, 0.15) is 51.3 Å². The first-order chi connectivity index (χ1) is 15.3. The van der Waals surface area contributed by atoms with Gasteiger partial charge >= 0.3 is 0 Å². The third-order valence-electron chi connectivity index (χ3n) is 5.59. The summed E-state index contributed by atoms with van der Waals surface area (Å²) in [5.74, 6) is -0.0450. The van der Waals surface area contributed by atoms with Gasteiger partial charge in [-0.25, -0.2) is 0 Å². The minimum atomic E-state index is -0.581. The maximum absolute atomic E-state index is 11.4. The molecule has 0 aliphatic rings. The molecule has 0 heterocycles. The number of benzene rings is 3. The molecule has 33 heavy (non-hydrogen) atoms. The van der Waals surface area contributed by atoms with E-state index in [1.165, 1.54) is 18.2 Å². The number of phenolic OH excluding ortho intramolecular Hbond substituents is 1. The zero-order valence-electron chi connectivity index (χ0n) is 19.1. The van der Waals surface area contributed by atoms with Gasteiger partial charge in [-0.2, -0.15) is 0 Å². The Hall–Kier alpha value is -2.96. The van der Waals surface area contributed by atoms with Gasteiger partial charge in [0.05, 0.1) is 4.92 Å². The monoisotopic (exact) mass is 485 g/mol. The molecule has 172 valence electrons. The lowest BCUT2D eigenvalue weighted by Crippen LogP contribution is -2.21. The standard InChI is InChI=1S/C25H25Cl2N3O3/c1-24(2,3)16-12-19(25(4,5)15-6-8-17(26)9-7-15)23(31)21(13-16)29-28-20-14-18(27)10-11-22(20)30(32)33/h6-14,31H,1-5H3. The second kappa shape index (κ2) is 9.12. The lowest BCUT2D eigenvalue weighted by atomic mass is 9.75. The Balaban J connectivity index is 2.19. The van der Waals surface area contributed by atoms with Gasteiger partial charge in [-0.15, -0.1) is 10.2 Å². The number of hydrogen-bond acceptors (Lipinski definition) is 5. The summed E-state index contributed by atoms with van der Waals surface area (Å²) in [4.78, 5) is 10.8. The zero-order chi connectivity index (χ0) is 24.6. The summed E-state index contributed by atoms with van der Waals surface area (Å²) in [7, 11) is 0. The fraction of sp³-hybridized carbons (Fsp3) is 0.280. The molecule has 0 bridgehead atoms. The molecule has 0 unspecified atom stereocenters. The van der Waals surface area contributed by atoms with Crippen molar-refractivity contribution in [2.24, 2.45) is 10.2 Å². The highest BCUT2D eigenvalue weighted by atomic mass is 35.5. The van der Waals surface area contributed by atoms with Crippen LogP contribution in [0.2, 0.25) is 10.0 Å². The van der Waals surface area contributed by atoms with Crippen LogP contribution in [0.25, 0.3) is 0 Å². The number of hydrogen-bond donors (Lipinski definition) is 1. The van der Waals surface area contributed by atoms with Crippen LogP contribution in [0.4, 0.5) is 17.1 Å². The van der Waals surface area contributed by atoms with Gasteiger partial charge in [0.25, 0.3) is 5.69 Å². The van der Waals surface area contributed by atoms with E-state index in [-0.39, 0.29) is 28.2 Å².